The van der Waals surface area contributed by atoms with Crippen LogP contribution in [0.25, 0.3) is 21.8 Å². The van der Waals surface area contributed by atoms with E-state index in [4.69, 9.17) is 4.74 Å². The molecular formula is C35H38N5O2P. The molecule has 6 rings (SSSR count). The number of allylic oxidation sites excluding steroid dienone is 1. The minimum absolute atomic E-state index is 0.0426. The molecule has 0 amide bonds. The van der Waals surface area contributed by atoms with Crippen LogP contribution in [-0.4, -0.2) is 35.3 Å². The van der Waals surface area contributed by atoms with E-state index >= 15 is 0 Å². The number of aromatic nitrogens is 1. The van der Waals surface area contributed by atoms with Crippen LogP contribution in [0.2, 0.25) is 0 Å². The van der Waals surface area contributed by atoms with Gasteiger partial charge in [-0.2, -0.15) is 0 Å². The third kappa shape index (κ3) is 4.50. The zero-order valence-electron chi connectivity index (χ0n) is 25.9. The summed E-state index contributed by atoms with van der Waals surface area (Å²) in [5.41, 5.74) is 7.35. The number of non-ortho nitro benzene ring substituents is 1. The van der Waals surface area contributed by atoms with Crippen molar-refractivity contribution in [3.05, 3.63) is 118 Å². The van der Waals surface area contributed by atoms with Gasteiger partial charge in [0, 0.05) is 69.6 Å². The summed E-state index contributed by atoms with van der Waals surface area (Å²) >= 11 is 0. The van der Waals surface area contributed by atoms with Crippen molar-refractivity contribution in [2.24, 2.45) is 4.74 Å². The average Bonchev–Trinajstić information content (AvgIpc) is 3.41. The summed E-state index contributed by atoms with van der Waals surface area (Å²) < 4.78 is 10.1. The number of fused-ring (bicyclic) bond motifs is 4. The predicted molar refractivity (Wildman–Crippen MR) is 181 cm³/mol. The molecule has 0 aliphatic carbocycles. The Bertz CT molecular complexity index is 2000. The Hall–Kier alpha value is -4.19. The molecule has 0 saturated carbocycles. The van der Waals surface area contributed by atoms with Crippen LogP contribution in [-0.2, 0) is 12.0 Å². The number of benzene rings is 4. The number of para-hydroxylation sites is 2. The van der Waals surface area contributed by atoms with E-state index < -0.39 is 7.21 Å². The maximum Gasteiger partial charge on any atom is 0.271 e. The number of nitro benzene ring substituents is 1. The van der Waals surface area contributed by atoms with Crippen molar-refractivity contribution in [2.45, 2.75) is 39.7 Å². The maximum atomic E-state index is 11.8. The predicted octanol–water partition coefficient (Wildman–Crippen LogP) is 8.93. The number of aryl methyl sites for hydroxylation is 2. The fraction of sp³-hybridized carbons (Fsp3) is 0.257. The van der Waals surface area contributed by atoms with Crippen molar-refractivity contribution in [3.63, 3.8) is 0 Å². The Morgan fingerprint density at radius 1 is 0.953 bits per heavy atom. The van der Waals surface area contributed by atoms with Crippen LogP contribution in [0.5, 0.6) is 0 Å². The van der Waals surface area contributed by atoms with Crippen LogP contribution in [0.15, 0.2) is 101 Å². The molecule has 1 aliphatic rings. The first-order chi connectivity index (χ1) is 20.5. The third-order valence-corrected chi connectivity index (χ3v) is 12.4. The largest absolute Gasteiger partial charge is 0.347 e. The van der Waals surface area contributed by atoms with Crippen molar-refractivity contribution in [1.82, 2.24) is 9.24 Å². The fourth-order valence-corrected chi connectivity index (χ4v) is 9.76. The summed E-state index contributed by atoms with van der Waals surface area (Å²) in [7, 11) is 3.61. The van der Waals surface area contributed by atoms with E-state index in [1.54, 1.807) is 18.2 Å². The minimum Gasteiger partial charge on any atom is -0.347 e. The SMILES string of the molecule is CCn1c2ccccc2c2cc([P@@](/C=C3\N(C)c4ccccc4C3(C)C)(=Nc3cc([N+](=O)[O-])ccc3C)N(C)C)ccc21. The minimum atomic E-state index is -2.67. The lowest BCUT2D eigenvalue weighted by atomic mass is 9.84. The molecule has 43 heavy (non-hydrogen) atoms. The van der Waals surface area contributed by atoms with E-state index in [1.807, 2.05) is 6.92 Å². The monoisotopic (exact) mass is 591 g/mol. The standard InChI is InChI=1S/C35H38N5O2P/c1-8-39-31-15-11-9-13-27(31)28-22-26(19-20-32(28)39)43(37(5)6,36-30-21-25(40(41)42)18-17-24(30)2)23-34-35(3,4)29-14-10-12-16-33(29)38(34)7/h9-23H,8H2,1-7H3/b34-23-/t43-/m0/s1. The van der Waals surface area contributed by atoms with E-state index in [1.165, 1.54) is 38.8 Å². The Balaban J connectivity index is 1.72. The summed E-state index contributed by atoms with van der Waals surface area (Å²) in [6, 6.07) is 28.8. The lowest BCUT2D eigenvalue weighted by Crippen LogP contribution is -2.25. The number of rotatable bonds is 6. The van der Waals surface area contributed by atoms with Gasteiger partial charge in [-0.05, 0) is 75.2 Å². The van der Waals surface area contributed by atoms with Crippen molar-refractivity contribution in [1.29, 1.82) is 0 Å². The van der Waals surface area contributed by atoms with Gasteiger partial charge < -0.3 is 9.47 Å². The number of hydrogen-bond acceptors (Lipinski definition) is 4. The molecule has 1 aliphatic heterocycles. The number of likely N-dealkylation sites (N-methyl/N-ethyl adjacent to an activating group) is 1. The second kappa shape index (κ2) is 10.5. The lowest BCUT2D eigenvalue weighted by Gasteiger charge is -2.33. The molecule has 0 radical (unpaired) electrons. The summed E-state index contributed by atoms with van der Waals surface area (Å²) in [5.74, 6) is 2.37. The second-order valence-electron chi connectivity index (χ2n) is 12.0. The van der Waals surface area contributed by atoms with Crippen molar-refractivity contribution >= 4 is 51.4 Å². The highest BCUT2D eigenvalue weighted by Crippen LogP contribution is 2.59. The van der Waals surface area contributed by atoms with Gasteiger partial charge in [0.2, 0.25) is 0 Å². The van der Waals surface area contributed by atoms with Gasteiger partial charge in [0.1, 0.15) is 0 Å². The number of nitrogens with zero attached hydrogens (tertiary/aromatic N) is 5. The van der Waals surface area contributed by atoms with E-state index in [0.29, 0.717) is 5.69 Å². The highest BCUT2D eigenvalue weighted by molar-refractivity contribution is 7.74. The van der Waals surface area contributed by atoms with E-state index in [-0.39, 0.29) is 16.0 Å². The van der Waals surface area contributed by atoms with Crippen LogP contribution >= 0.6 is 7.21 Å². The Labute approximate surface area is 253 Å². The van der Waals surface area contributed by atoms with Crippen LogP contribution in [0.4, 0.5) is 17.1 Å². The molecule has 8 heteroatoms. The van der Waals surface area contributed by atoms with Crippen LogP contribution < -0.4 is 10.2 Å². The van der Waals surface area contributed by atoms with Gasteiger partial charge in [-0.1, -0.05) is 56.3 Å². The third-order valence-electron chi connectivity index (χ3n) is 8.97. The van der Waals surface area contributed by atoms with Crippen LogP contribution in [0.3, 0.4) is 0 Å². The molecule has 0 saturated heterocycles. The molecule has 5 aromatic rings. The molecule has 4 aromatic carbocycles. The van der Waals surface area contributed by atoms with Gasteiger partial charge in [0.15, 0.2) is 0 Å². The summed E-state index contributed by atoms with van der Waals surface area (Å²) in [5, 5.41) is 15.3. The van der Waals surface area contributed by atoms with Crippen LogP contribution in [0.1, 0.15) is 31.9 Å². The molecule has 0 fully saturated rings. The highest BCUT2D eigenvalue weighted by atomic mass is 31.2. The maximum absolute atomic E-state index is 11.8. The molecule has 7 nitrogen and oxygen atoms in total. The Morgan fingerprint density at radius 2 is 1.65 bits per heavy atom. The summed E-state index contributed by atoms with van der Waals surface area (Å²) in [6.07, 6.45) is 0. The molecule has 0 N–H and O–H groups in total. The van der Waals surface area contributed by atoms with Crippen LogP contribution in [0, 0.1) is 17.0 Å². The van der Waals surface area contributed by atoms with Crippen molar-refractivity contribution < 1.29 is 4.92 Å². The van der Waals surface area contributed by atoms with E-state index in [2.05, 4.69) is 129 Å². The molecule has 1 atom stereocenters. The lowest BCUT2D eigenvalue weighted by molar-refractivity contribution is -0.384. The molecule has 220 valence electrons. The van der Waals surface area contributed by atoms with Gasteiger partial charge in [0.25, 0.3) is 5.69 Å². The van der Waals surface area contributed by atoms with E-state index in [0.717, 1.165) is 17.4 Å². The zero-order valence-corrected chi connectivity index (χ0v) is 26.8. The molecule has 1 aromatic heterocycles. The molecule has 0 bridgehead atoms. The van der Waals surface area contributed by atoms with Gasteiger partial charge in [-0.3, -0.25) is 14.8 Å². The summed E-state index contributed by atoms with van der Waals surface area (Å²) in [6.45, 7) is 9.55. The Kier molecular flexibility index (Phi) is 7.07. The normalized spacial score (nSPS) is 16.7. The number of nitro groups is 1. The van der Waals surface area contributed by atoms with E-state index in [9.17, 15) is 10.1 Å². The number of anilines is 1. The molecule has 0 unspecified atom stereocenters. The summed E-state index contributed by atoms with van der Waals surface area (Å²) in [4.78, 5) is 13.7. The van der Waals surface area contributed by atoms with Crippen molar-refractivity contribution in [3.8, 4) is 0 Å². The first-order valence-electron chi connectivity index (χ1n) is 14.6. The zero-order chi connectivity index (χ0) is 30.7. The Morgan fingerprint density at radius 3 is 2.35 bits per heavy atom. The molecule has 2 heterocycles. The van der Waals surface area contributed by atoms with Crippen molar-refractivity contribution in [2.75, 3.05) is 26.0 Å². The average molecular weight is 592 g/mol. The smallest absolute Gasteiger partial charge is 0.271 e. The van der Waals surface area contributed by atoms with Gasteiger partial charge in [-0.15, -0.1) is 0 Å². The molecular weight excluding hydrogens is 553 g/mol. The van der Waals surface area contributed by atoms with Gasteiger partial charge in [-0.25, -0.2) is 4.74 Å². The number of hydrogen-bond donors (Lipinski definition) is 0. The fourth-order valence-electron chi connectivity index (χ4n) is 6.57. The molecule has 0 spiro atoms. The quantitative estimate of drug-likeness (QED) is 0.112. The first-order valence-corrected chi connectivity index (χ1v) is 16.4. The first kappa shape index (κ1) is 28.9. The highest BCUT2D eigenvalue weighted by Gasteiger charge is 2.40. The topological polar surface area (TPSA) is 66.9 Å². The van der Waals surface area contributed by atoms with Gasteiger partial charge in [0.05, 0.1) is 17.8 Å². The second-order valence-corrected chi connectivity index (χ2v) is 15.1. The van der Waals surface area contributed by atoms with Gasteiger partial charge >= 0.3 is 0 Å².